The third-order valence-corrected chi connectivity index (χ3v) is 3.60. The van der Waals surface area contributed by atoms with Gasteiger partial charge in [-0.15, -0.1) is 0 Å². The number of ether oxygens (including phenoxy) is 2. The normalized spacial score (nSPS) is 17.4. The van der Waals surface area contributed by atoms with Gasteiger partial charge < -0.3 is 14.8 Å². The lowest BCUT2D eigenvalue weighted by molar-refractivity contribution is 0.124. The van der Waals surface area contributed by atoms with E-state index in [1.54, 1.807) is 0 Å². The fourth-order valence-electron chi connectivity index (χ4n) is 2.57. The van der Waals surface area contributed by atoms with E-state index in [1.807, 2.05) is 6.07 Å². The van der Waals surface area contributed by atoms with Crippen molar-refractivity contribution in [2.75, 3.05) is 13.1 Å². The minimum absolute atomic E-state index is 0.121. The molecule has 1 aliphatic heterocycles. The van der Waals surface area contributed by atoms with Gasteiger partial charge in [0.15, 0.2) is 11.5 Å². The Labute approximate surface area is 122 Å². The van der Waals surface area contributed by atoms with Crippen molar-refractivity contribution in [1.82, 2.24) is 5.32 Å². The lowest BCUT2D eigenvalue weighted by Crippen LogP contribution is -2.31. The third-order valence-electron chi connectivity index (χ3n) is 3.60. The number of rotatable bonds is 7. The Morgan fingerprint density at radius 3 is 2.85 bits per heavy atom. The van der Waals surface area contributed by atoms with Crippen LogP contribution in [-0.4, -0.2) is 24.8 Å². The summed E-state index contributed by atoms with van der Waals surface area (Å²) in [6, 6.07) is 6.21. The predicted molar refractivity (Wildman–Crippen MR) is 82.7 cm³/mol. The number of fused-ring (bicyclic) bond motifs is 1. The van der Waals surface area contributed by atoms with Crippen LogP contribution in [0.5, 0.6) is 11.5 Å². The lowest BCUT2D eigenvalue weighted by Gasteiger charge is -2.21. The molecule has 0 aromatic heterocycles. The maximum Gasteiger partial charge on any atom is 0.165 e. The number of hydrogen-bond acceptors (Lipinski definition) is 3. The van der Waals surface area contributed by atoms with Crippen LogP contribution in [0.25, 0.3) is 0 Å². The molecule has 1 atom stereocenters. The number of nitrogens with one attached hydrogen (secondary N) is 1. The standard InChI is InChI=1S/C17H27NO2/c1-5-10-18-12-14(6-2)19-15-9-7-8-13-11-17(3,4)20-16(13)15/h7-9,14,18H,5-6,10-12H2,1-4H3. The zero-order valence-corrected chi connectivity index (χ0v) is 13.2. The van der Waals surface area contributed by atoms with Gasteiger partial charge in [0.1, 0.15) is 11.7 Å². The Bertz CT molecular complexity index is 443. The molecule has 3 nitrogen and oxygen atoms in total. The highest BCUT2D eigenvalue weighted by atomic mass is 16.5. The zero-order valence-electron chi connectivity index (χ0n) is 13.2. The van der Waals surface area contributed by atoms with E-state index >= 15 is 0 Å². The van der Waals surface area contributed by atoms with Gasteiger partial charge in [0.05, 0.1) is 0 Å². The van der Waals surface area contributed by atoms with Gasteiger partial charge in [0.25, 0.3) is 0 Å². The van der Waals surface area contributed by atoms with E-state index in [1.165, 1.54) is 5.56 Å². The van der Waals surface area contributed by atoms with Crippen LogP contribution in [0.2, 0.25) is 0 Å². The summed E-state index contributed by atoms with van der Waals surface area (Å²) >= 11 is 0. The predicted octanol–water partition coefficient (Wildman–Crippen LogP) is 3.56. The highest BCUT2D eigenvalue weighted by molar-refractivity contribution is 5.50. The number of benzene rings is 1. The number of hydrogen-bond donors (Lipinski definition) is 1. The Morgan fingerprint density at radius 2 is 2.15 bits per heavy atom. The molecule has 0 amide bonds. The van der Waals surface area contributed by atoms with E-state index < -0.39 is 0 Å². The molecule has 1 heterocycles. The summed E-state index contributed by atoms with van der Waals surface area (Å²) in [7, 11) is 0. The average molecular weight is 277 g/mol. The minimum Gasteiger partial charge on any atom is -0.485 e. The van der Waals surface area contributed by atoms with Gasteiger partial charge in [0, 0.05) is 18.5 Å². The molecule has 2 rings (SSSR count). The van der Waals surface area contributed by atoms with Crippen molar-refractivity contribution in [3.63, 3.8) is 0 Å². The summed E-state index contributed by atoms with van der Waals surface area (Å²) < 4.78 is 12.2. The van der Waals surface area contributed by atoms with Gasteiger partial charge in [0.2, 0.25) is 0 Å². The van der Waals surface area contributed by atoms with Crippen LogP contribution in [0, 0.1) is 0 Å². The topological polar surface area (TPSA) is 30.5 Å². The molecular weight excluding hydrogens is 250 g/mol. The first-order valence-corrected chi connectivity index (χ1v) is 7.74. The third kappa shape index (κ3) is 3.66. The van der Waals surface area contributed by atoms with Crippen LogP contribution < -0.4 is 14.8 Å². The molecule has 0 aliphatic carbocycles. The smallest absolute Gasteiger partial charge is 0.165 e. The van der Waals surface area contributed by atoms with Crippen molar-refractivity contribution in [3.8, 4) is 11.5 Å². The molecule has 3 heteroatoms. The molecule has 0 spiro atoms. The fraction of sp³-hybridized carbons (Fsp3) is 0.647. The highest BCUT2D eigenvalue weighted by Crippen LogP contribution is 2.42. The van der Waals surface area contributed by atoms with Gasteiger partial charge in [-0.25, -0.2) is 0 Å². The van der Waals surface area contributed by atoms with Crippen molar-refractivity contribution >= 4 is 0 Å². The van der Waals surface area contributed by atoms with E-state index in [9.17, 15) is 0 Å². The lowest BCUT2D eigenvalue weighted by atomic mass is 10.0. The molecule has 1 aliphatic rings. The van der Waals surface area contributed by atoms with Gasteiger partial charge in [-0.3, -0.25) is 0 Å². The first-order chi connectivity index (χ1) is 9.55. The molecule has 20 heavy (non-hydrogen) atoms. The Balaban J connectivity index is 2.05. The molecular formula is C17H27NO2. The Hall–Kier alpha value is -1.22. The van der Waals surface area contributed by atoms with Crippen LogP contribution in [0.1, 0.15) is 46.1 Å². The molecule has 0 saturated carbocycles. The molecule has 112 valence electrons. The minimum atomic E-state index is -0.121. The van der Waals surface area contributed by atoms with Gasteiger partial charge in [-0.05, 0) is 39.3 Å². The summed E-state index contributed by atoms with van der Waals surface area (Å²) in [5.41, 5.74) is 1.13. The Kier molecular flexibility index (Phi) is 4.92. The first kappa shape index (κ1) is 15.2. The van der Waals surface area contributed by atoms with Crippen molar-refractivity contribution in [3.05, 3.63) is 23.8 Å². The summed E-state index contributed by atoms with van der Waals surface area (Å²) in [4.78, 5) is 0. The van der Waals surface area contributed by atoms with Crippen molar-refractivity contribution in [2.45, 2.75) is 58.7 Å². The molecule has 0 fully saturated rings. The maximum atomic E-state index is 6.16. The summed E-state index contributed by atoms with van der Waals surface area (Å²) in [5.74, 6) is 1.82. The van der Waals surface area contributed by atoms with Gasteiger partial charge in [-0.2, -0.15) is 0 Å². The molecule has 1 unspecified atom stereocenters. The highest BCUT2D eigenvalue weighted by Gasteiger charge is 2.32. The molecule has 1 aromatic rings. The van der Waals surface area contributed by atoms with E-state index in [2.05, 4.69) is 45.1 Å². The van der Waals surface area contributed by atoms with E-state index in [0.717, 1.165) is 43.9 Å². The molecule has 0 radical (unpaired) electrons. The quantitative estimate of drug-likeness (QED) is 0.773. The van der Waals surface area contributed by atoms with Crippen molar-refractivity contribution in [1.29, 1.82) is 0 Å². The van der Waals surface area contributed by atoms with Crippen LogP contribution in [-0.2, 0) is 6.42 Å². The average Bonchev–Trinajstić information content (AvgIpc) is 2.72. The second-order valence-electron chi connectivity index (χ2n) is 6.14. The maximum absolute atomic E-state index is 6.16. The summed E-state index contributed by atoms with van der Waals surface area (Å²) in [5, 5.41) is 3.42. The van der Waals surface area contributed by atoms with Crippen molar-refractivity contribution in [2.24, 2.45) is 0 Å². The molecule has 1 aromatic carbocycles. The van der Waals surface area contributed by atoms with Crippen LogP contribution >= 0.6 is 0 Å². The Morgan fingerprint density at radius 1 is 1.35 bits per heavy atom. The summed E-state index contributed by atoms with van der Waals surface area (Å²) in [6.45, 7) is 10.5. The second kappa shape index (κ2) is 6.49. The largest absolute Gasteiger partial charge is 0.485 e. The zero-order chi connectivity index (χ0) is 14.6. The van der Waals surface area contributed by atoms with Crippen molar-refractivity contribution < 1.29 is 9.47 Å². The summed E-state index contributed by atoms with van der Waals surface area (Å²) in [6.07, 6.45) is 3.28. The first-order valence-electron chi connectivity index (χ1n) is 7.74. The second-order valence-corrected chi connectivity index (χ2v) is 6.14. The molecule has 1 N–H and O–H groups in total. The van der Waals surface area contributed by atoms with Gasteiger partial charge in [-0.1, -0.05) is 26.0 Å². The van der Waals surface area contributed by atoms with Crippen LogP contribution in [0.4, 0.5) is 0 Å². The van der Waals surface area contributed by atoms with E-state index in [4.69, 9.17) is 9.47 Å². The SMILES string of the molecule is CCCNCC(CC)Oc1cccc2c1OC(C)(C)C2. The monoisotopic (exact) mass is 277 g/mol. The van der Waals surface area contributed by atoms with Crippen LogP contribution in [0.15, 0.2) is 18.2 Å². The number of para-hydroxylation sites is 1. The van der Waals surface area contributed by atoms with E-state index in [-0.39, 0.29) is 11.7 Å². The van der Waals surface area contributed by atoms with Crippen LogP contribution in [0.3, 0.4) is 0 Å². The van der Waals surface area contributed by atoms with Gasteiger partial charge >= 0.3 is 0 Å². The molecule has 0 saturated heterocycles. The fourth-order valence-corrected chi connectivity index (χ4v) is 2.57. The van der Waals surface area contributed by atoms with E-state index in [0.29, 0.717) is 0 Å². The molecule has 0 bridgehead atoms.